The maximum absolute atomic E-state index is 13.2. The Morgan fingerprint density at radius 2 is 1.76 bits per heavy atom. The van der Waals surface area contributed by atoms with Crippen molar-refractivity contribution in [2.75, 3.05) is 25.3 Å². The molecule has 0 bridgehead atoms. The van der Waals surface area contributed by atoms with E-state index in [1.165, 1.54) is 19.1 Å². The molecule has 1 aliphatic heterocycles. The minimum absolute atomic E-state index is 0. The number of carbonyl (C=O) groups excluding carboxylic acids is 1. The minimum atomic E-state index is -3.97. The number of ether oxygens (including phenoxy) is 2. The first-order valence-corrected chi connectivity index (χ1v) is 13.2. The summed E-state index contributed by atoms with van der Waals surface area (Å²) in [5.41, 5.74) is 0.0521. The van der Waals surface area contributed by atoms with Gasteiger partial charge in [-0.3, -0.25) is 4.79 Å². The van der Waals surface area contributed by atoms with Gasteiger partial charge in [0.05, 0.1) is 34.8 Å². The van der Waals surface area contributed by atoms with Crippen molar-refractivity contribution in [2.24, 2.45) is 0 Å². The predicted molar refractivity (Wildman–Crippen MR) is 143 cm³/mol. The van der Waals surface area contributed by atoms with Gasteiger partial charge in [-0.1, -0.05) is 24.3 Å². The van der Waals surface area contributed by atoms with Gasteiger partial charge in [0.2, 0.25) is 22.7 Å². The molecular formula is C26H35N3O7S. The Balaban J connectivity index is 0.00000210. The summed E-state index contributed by atoms with van der Waals surface area (Å²) < 4.78 is 38.5. The van der Waals surface area contributed by atoms with Crippen LogP contribution in [0.1, 0.15) is 31.0 Å². The Kier molecular flexibility index (Phi) is 6.40. The fraction of sp³-hybridized carbons (Fsp3) is 0.308. The number of aliphatic hydroxyl groups excluding tert-OH is 2. The molecule has 5 rings (SSSR count). The average molecular weight is 534 g/mol. The lowest BCUT2D eigenvalue weighted by atomic mass is 9.94. The van der Waals surface area contributed by atoms with Crippen LogP contribution in [0.2, 0.25) is 0 Å². The second-order valence-corrected chi connectivity index (χ2v) is 11.2. The van der Waals surface area contributed by atoms with Crippen molar-refractivity contribution < 1.29 is 38.6 Å². The number of carbonyl (C=O) groups is 1. The number of aromatic nitrogens is 1. The quantitative estimate of drug-likeness (QED) is 0.328. The fourth-order valence-electron chi connectivity index (χ4n) is 4.17. The number of sulfonamides is 1. The van der Waals surface area contributed by atoms with Crippen molar-refractivity contribution in [3.8, 4) is 22.8 Å². The van der Waals surface area contributed by atoms with Gasteiger partial charge >= 0.3 is 0 Å². The molecule has 2 aliphatic rings. The molecule has 1 amide bonds. The van der Waals surface area contributed by atoms with Gasteiger partial charge < -0.3 is 25.0 Å². The molecule has 0 spiro atoms. The Labute approximate surface area is 220 Å². The van der Waals surface area contributed by atoms with Crippen LogP contribution in [0, 0.1) is 0 Å². The van der Waals surface area contributed by atoms with Gasteiger partial charge in [0.25, 0.3) is 0 Å². The lowest BCUT2D eigenvalue weighted by molar-refractivity contribution is -0.118. The molecule has 11 heteroatoms. The number of pyridine rings is 1. The van der Waals surface area contributed by atoms with Crippen LogP contribution in [0.3, 0.4) is 0 Å². The summed E-state index contributed by atoms with van der Waals surface area (Å²) in [6.07, 6.45) is 1.43. The molecule has 4 N–H and O–H groups in total. The lowest BCUT2D eigenvalue weighted by Gasteiger charge is -2.25. The highest BCUT2D eigenvalue weighted by Crippen LogP contribution is 2.51. The first-order chi connectivity index (χ1) is 17.7. The molecule has 1 aliphatic carbocycles. The summed E-state index contributed by atoms with van der Waals surface area (Å²) in [6, 6.07) is 16.8. The number of fused-ring (bicyclic) bond motifs is 1. The molecule has 0 atom stereocenters. The van der Waals surface area contributed by atoms with Gasteiger partial charge in [-0.05, 0) is 61.7 Å². The zero-order chi connectivity index (χ0) is 26.3. The molecule has 3 aromatic rings. The molecule has 202 valence electrons. The summed E-state index contributed by atoms with van der Waals surface area (Å²) >= 11 is 0. The Morgan fingerprint density at radius 3 is 2.43 bits per heavy atom. The minimum Gasteiger partial charge on any atom is -0.454 e. The lowest BCUT2D eigenvalue weighted by Crippen LogP contribution is -2.51. The zero-order valence-electron chi connectivity index (χ0n) is 20.1. The van der Waals surface area contributed by atoms with E-state index < -0.39 is 34.2 Å². The van der Waals surface area contributed by atoms with E-state index in [0.29, 0.717) is 41.4 Å². The van der Waals surface area contributed by atoms with Crippen molar-refractivity contribution in [1.29, 1.82) is 0 Å². The molecule has 0 radical (unpaired) electrons. The van der Waals surface area contributed by atoms with Crippen LogP contribution >= 0.6 is 0 Å². The second-order valence-electron chi connectivity index (χ2n) is 9.52. The third kappa shape index (κ3) is 4.90. The number of hydrogen-bond acceptors (Lipinski definition) is 8. The van der Waals surface area contributed by atoms with E-state index in [4.69, 9.17) is 9.47 Å². The van der Waals surface area contributed by atoms with E-state index in [1.54, 1.807) is 30.3 Å². The molecule has 0 saturated heterocycles. The van der Waals surface area contributed by atoms with Gasteiger partial charge in [0, 0.05) is 11.3 Å². The molecule has 0 unspecified atom stereocenters. The van der Waals surface area contributed by atoms with Crippen LogP contribution in [0.4, 0.5) is 5.82 Å². The fourth-order valence-corrected chi connectivity index (χ4v) is 5.56. The van der Waals surface area contributed by atoms with E-state index in [0.717, 1.165) is 5.56 Å². The Bertz CT molecular complexity index is 1450. The smallest absolute Gasteiger partial charge is 0.241 e. The van der Waals surface area contributed by atoms with Gasteiger partial charge in [-0.25, -0.2) is 18.1 Å². The monoisotopic (exact) mass is 533 g/mol. The van der Waals surface area contributed by atoms with Crippen molar-refractivity contribution in [1.82, 2.24) is 9.71 Å². The van der Waals surface area contributed by atoms with Crippen LogP contribution < -0.4 is 19.5 Å². The van der Waals surface area contributed by atoms with Gasteiger partial charge in [-0.15, -0.1) is 0 Å². The van der Waals surface area contributed by atoms with Crippen molar-refractivity contribution >= 4 is 21.7 Å². The van der Waals surface area contributed by atoms with Crippen molar-refractivity contribution in [2.45, 2.75) is 35.6 Å². The summed E-state index contributed by atoms with van der Waals surface area (Å²) in [5, 5.41) is 21.7. The Morgan fingerprint density at radius 1 is 1.05 bits per heavy atom. The normalized spacial score (nSPS) is 15.9. The summed E-state index contributed by atoms with van der Waals surface area (Å²) in [5.74, 6) is 1.53. The SMILES string of the molecule is CC(CO)(CO)NS(=O)(=O)c1ccc(-c2cccc(NC(=O)C3(c4ccc5c(c4)OCO5)CC3)n2)cc1.[HH].[HH].[HH].[HH]. The average Bonchev–Trinajstić information content (AvgIpc) is 3.59. The zero-order valence-corrected chi connectivity index (χ0v) is 20.9. The molecule has 1 aromatic heterocycles. The molecule has 10 nitrogen and oxygen atoms in total. The molecule has 37 heavy (non-hydrogen) atoms. The van der Waals surface area contributed by atoms with Crippen LogP contribution in [0.15, 0.2) is 65.6 Å². The van der Waals surface area contributed by atoms with Crippen molar-refractivity contribution in [3.63, 3.8) is 0 Å². The van der Waals surface area contributed by atoms with Gasteiger partial charge in [0.1, 0.15) is 5.82 Å². The van der Waals surface area contributed by atoms with E-state index >= 15 is 0 Å². The number of nitrogens with zero attached hydrogens (tertiary/aromatic N) is 1. The predicted octanol–water partition coefficient (Wildman–Crippen LogP) is 3.15. The van der Waals surface area contributed by atoms with Gasteiger partial charge in [0.15, 0.2) is 11.5 Å². The number of nitrogens with one attached hydrogen (secondary N) is 2. The maximum atomic E-state index is 13.2. The third-order valence-electron chi connectivity index (χ3n) is 6.64. The first kappa shape index (κ1) is 25.2. The van der Waals surface area contributed by atoms with Crippen LogP contribution in [0.25, 0.3) is 11.3 Å². The first-order valence-electron chi connectivity index (χ1n) is 11.7. The number of hydrogen-bond donors (Lipinski definition) is 4. The topological polar surface area (TPSA) is 147 Å². The molecule has 2 aromatic carbocycles. The maximum Gasteiger partial charge on any atom is 0.241 e. The highest BCUT2D eigenvalue weighted by Gasteiger charge is 2.51. The van der Waals surface area contributed by atoms with Crippen LogP contribution in [0.5, 0.6) is 11.5 Å². The number of aliphatic hydroxyl groups is 2. The molecule has 2 heterocycles. The third-order valence-corrected chi connectivity index (χ3v) is 8.29. The largest absolute Gasteiger partial charge is 0.454 e. The van der Waals surface area contributed by atoms with E-state index in [2.05, 4.69) is 15.0 Å². The second kappa shape index (κ2) is 9.42. The molecular weight excluding hydrogens is 498 g/mol. The van der Waals surface area contributed by atoms with Gasteiger partial charge in [-0.2, -0.15) is 0 Å². The van der Waals surface area contributed by atoms with E-state index in [1.807, 2.05) is 18.2 Å². The van der Waals surface area contributed by atoms with E-state index in [9.17, 15) is 23.4 Å². The molecule has 1 saturated carbocycles. The number of rotatable bonds is 9. The summed E-state index contributed by atoms with van der Waals surface area (Å²) in [6.45, 7) is 0.460. The Hall–Kier alpha value is -3.51. The number of amides is 1. The van der Waals surface area contributed by atoms with E-state index in [-0.39, 0.29) is 23.3 Å². The van der Waals surface area contributed by atoms with Crippen LogP contribution in [-0.2, 0) is 20.2 Å². The standard InChI is InChI=1S/C26H27N3O7S.4H2/c1-25(14-30,15-31)29-37(33,34)19-8-5-17(6-9-19)20-3-2-4-23(27-20)28-24(32)26(11-12-26)18-7-10-21-22(13-18)36-16-35-21;;;;/h2-10,13,29-31H,11-12,14-16H2,1H3,(H,27,28,32);4*1H. The summed E-state index contributed by atoms with van der Waals surface area (Å²) in [4.78, 5) is 17.8. The molecule has 1 fully saturated rings. The number of benzene rings is 2. The van der Waals surface area contributed by atoms with Crippen molar-refractivity contribution in [3.05, 3.63) is 66.2 Å². The highest BCUT2D eigenvalue weighted by molar-refractivity contribution is 7.89. The number of anilines is 1. The highest BCUT2D eigenvalue weighted by atomic mass is 32.2. The summed E-state index contributed by atoms with van der Waals surface area (Å²) in [7, 11) is -3.97. The van der Waals surface area contributed by atoms with Crippen LogP contribution in [-0.4, -0.2) is 55.1 Å².